The summed E-state index contributed by atoms with van der Waals surface area (Å²) in [7, 11) is 0. The molecule has 4 aromatic rings. The average Bonchev–Trinajstić information content (AvgIpc) is 3.84. The number of benzene rings is 1. The molecule has 2 saturated carbocycles. The Balaban J connectivity index is 1.13. The Morgan fingerprint density at radius 1 is 1.00 bits per heavy atom. The van der Waals surface area contributed by atoms with Crippen molar-refractivity contribution in [1.82, 2.24) is 15.0 Å². The zero-order chi connectivity index (χ0) is 29.7. The van der Waals surface area contributed by atoms with Crippen molar-refractivity contribution < 1.29 is 19.0 Å². The lowest BCUT2D eigenvalue weighted by Gasteiger charge is -2.35. The van der Waals surface area contributed by atoms with Gasteiger partial charge in [0.2, 0.25) is 5.88 Å². The van der Waals surface area contributed by atoms with E-state index in [0.29, 0.717) is 35.6 Å². The molecular formula is C34H37N5O4. The quantitative estimate of drug-likeness (QED) is 0.225. The highest BCUT2D eigenvalue weighted by Gasteiger charge is 2.41. The number of cyclic esters (lactones) is 1. The van der Waals surface area contributed by atoms with Crippen LogP contribution in [0.15, 0.2) is 60.9 Å². The van der Waals surface area contributed by atoms with Crippen molar-refractivity contribution >= 4 is 28.4 Å². The molecular weight excluding hydrogens is 542 g/mol. The van der Waals surface area contributed by atoms with Crippen LogP contribution < -0.4 is 15.8 Å². The molecule has 3 atom stereocenters. The maximum absolute atomic E-state index is 12.4. The van der Waals surface area contributed by atoms with E-state index in [1.54, 1.807) is 18.3 Å². The summed E-state index contributed by atoms with van der Waals surface area (Å²) in [6, 6.07) is 15.8. The molecule has 3 aliphatic rings. The van der Waals surface area contributed by atoms with Gasteiger partial charge in [-0.3, -0.25) is 0 Å². The van der Waals surface area contributed by atoms with Gasteiger partial charge in [-0.05, 0) is 67.3 Å². The number of carbonyl (C=O) groups excluding carboxylic acids is 1. The summed E-state index contributed by atoms with van der Waals surface area (Å²) in [5, 5.41) is 5.13. The van der Waals surface area contributed by atoms with Crippen LogP contribution in [-0.4, -0.2) is 39.2 Å². The third-order valence-corrected chi connectivity index (χ3v) is 9.23. The van der Waals surface area contributed by atoms with E-state index < -0.39 is 5.54 Å². The second kappa shape index (κ2) is 10.9. The van der Waals surface area contributed by atoms with E-state index in [-0.39, 0.29) is 30.2 Å². The molecule has 4 heterocycles. The Bertz CT molecular complexity index is 1670. The second-order valence-electron chi connectivity index (χ2n) is 12.4. The molecule has 0 saturated heterocycles. The lowest BCUT2D eigenvalue weighted by molar-refractivity contribution is -0.0690. The summed E-state index contributed by atoms with van der Waals surface area (Å²) in [5.41, 5.74) is 9.78. The van der Waals surface area contributed by atoms with Gasteiger partial charge in [-0.2, -0.15) is 0 Å². The summed E-state index contributed by atoms with van der Waals surface area (Å²) in [5.74, 6) is 1.86. The largest absolute Gasteiger partial charge is 0.474 e. The SMILES string of the molecule is C[C@@H]1OC(=O)c2ccc(Nc3cc4c(C(C)(N)C5CC5)cnc(O[C@H]5C[C@H](OCc6ccccc6)C5)c4cn3)nc2[C@H]1C. The molecule has 2 fully saturated rings. The van der Waals surface area contributed by atoms with Crippen LogP contribution in [0.1, 0.15) is 79.6 Å². The molecule has 0 radical (unpaired) electrons. The highest BCUT2D eigenvalue weighted by Crippen LogP contribution is 2.46. The van der Waals surface area contributed by atoms with Crippen molar-refractivity contribution in [2.75, 3.05) is 5.32 Å². The Hall–Kier alpha value is -4.08. The molecule has 3 aromatic heterocycles. The van der Waals surface area contributed by atoms with Crippen LogP contribution in [0.5, 0.6) is 5.88 Å². The predicted molar refractivity (Wildman–Crippen MR) is 163 cm³/mol. The Kier molecular flexibility index (Phi) is 7.02. The van der Waals surface area contributed by atoms with Crippen LogP contribution in [0.25, 0.3) is 10.8 Å². The molecule has 3 N–H and O–H groups in total. The molecule has 9 heteroatoms. The molecule has 0 spiro atoms. The number of nitrogens with one attached hydrogen (secondary N) is 1. The molecule has 2 aliphatic carbocycles. The third kappa shape index (κ3) is 5.43. The fourth-order valence-electron chi connectivity index (χ4n) is 6.05. The monoisotopic (exact) mass is 579 g/mol. The van der Waals surface area contributed by atoms with E-state index in [1.807, 2.05) is 44.3 Å². The van der Waals surface area contributed by atoms with Crippen LogP contribution >= 0.6 is 0 Å². The summed E-state index contributed by atoms with van der Waals surface area (Å²) in [6.45, 7) is 6.59. The number of hydrogen-bond acceptors (Lipinski definition) is 9. The number of esters is 1. The summed E-state index contributed by atoms with van der Waals surface area (Å²) >= 11 is 0. The molecule has 9 nitrogen and oxygen atoms in total. The maximum Gasteiger partial charge on any atom is 0.340 e. The first-order valence-electron chi connectivity index (χ1n) is 15.2. The van der Waals surface area contributed by atoms with Crippen LogP contribution in [-0.2, 0) is 21.6 Å². The number of nitrogens with zero attached hydrogens (tertiary/aromatic N) is 3. The smallest absolute Gasteiger partial charge is 0.340 e. The third-order valence-electron chi connectivity index (χ3n) is 9.23. The standard InChI is InChI=1S/C34H37N5O4/c1-19-20(2)42-33(40)25-11-12-29(39-31(19)25)38-30-15-26-27(16-36-30)32(37-17-28(26)34(3,35)22-9-10-22)43-24-13-23(14-24)41-18-21-7-5-4-6-8-21/h4-8,11-12,15-17,19-20,22-24H,9-10,13-14,18,35H2,1-3H3,(H,36,38,39)/t19-,20-,23-,24-,34?/m0/s1. The molecule has 1 aromatic carbocycles. The van der Waals surface area contributed by atoms with Gasteiger partial charge in [0, 0.05) is 36.7 Å². The summed E-state index contributed by atoms with van der Waals surface area (Å²) < 4.78 is 17.9. The van der Waals surface area contributed by atoms with E-state index in [1.165, 1.54) is 5.56 Å². The van der Waals surface area contributed by atoms with Gasteiger partial charge < -0.3 is 25.3 Å². The van der Waals surface area contributed by atoms with Gasteiger partial charge in [-0.25, -0.2) is 19.7 Å². The molecule has 0 bridgehead atoms. The fourth-order valence-corrected chi connectivity index (χ4v) is 6.05. The average molecular weight is 580 g/mol. The molecule has 222 valence electrons. The van der Waals surface area contributed by atoms with Crippen molar-refractivity contribution in [3.8, 4) is 5.88 Å². The van der Waals surface area contributed by atoms with Gasteiger partial charge in [-0.15, -0.1) is 0 Å². The zero-order valence-electron chi connectivity index (χ0n) is 24.7. The number of fused-ring (bicyclic) bond motifs is 2. The number of carbonyl (C=O) groups is 1. The molecule has 7 rings (SSSR count). The first-order valence-corrected chi connectivity index (χ1v) is 15.2. The van der Waals surface area contributed by atoms with Crippen LogP contribution in [0, 0.1) is 5.92 Å². The Labute approximate surface area is 251 Å². The topological polar surface area (TPSA) is 121 Å². The van der Waals surface area contributed by atoms with Gasteiger partial charge in [0.15, 0.2) is 0 Å². The number of hydrogen-bond donors (Lipinski definition) is 2. The fraction of sp³-hybridized carbons (Fsp3) is 0.412. The van der Waals surface area contributed by atoms with Crippen molar-refractivity contribution in [3.05, 3.63) is 83.3 Å². The predicted octanol–water partition coefficient (Wildman–Crippen LogP) is 6.14. The summed E-state index contributed by atoms with van der Waals surface area (Å²) in [4.78, 5) is 26.6. The zero-order valence-corrected chi connectivity index (χ0v) is 24.7. The van der Waals surface area contributed by atoms with Gasteiger partial charge in [0.1, 0.15) is 23.8 Å². The van der Waals surface area contributed by atoms with Crippen molar-refractivity contribution in [1.29, 1.82) is 0 Å². The number of ether oxygens (including phenoxy) is 3. The van der Waals surface area contributed by atoms with E-state index >= 15 is 0 Å². The minimum atomic E-state index is -0.523. The van der Waals surface area contributed by atoms with Crippen molar-refractivity contribution in [2.24, 2.45) is 11.7 Å². The van der Waals surface area contributed by atoms with Gasteiger partial charge in [0.25, 0.3) is 0 Å². The van der Waals surface area contributed by atoms with Crippen molar-refractivity contribution in [2.45, 2.75) is 82.8 Å². The maximum atomic E-state index is 12.4. The van der Waals surface area contributed by atoms with E-state index in [9.17, 15) is 4.79 Å². The first kappa shape index (κ1) is 27.7. The number of rotatable bonds is 9. The molecule has 0 amide bonds. The molecule has 1 aliphatic heterocycles. The van der Waals surface area contributed by atoms with Crippen LogP contribution in [0.2, 0.25) is 0 Å². The molecule has 43 heavy (non-hydrogen) atoms. The van der Waals surface area contributed by atoms with Gasteiger partial charge in [0.05, 0.1) is 29.4 Å². The number of nitrogens with two attached hydrogens (primary N) is 1. The minimum absolute atomic E-state index is 0.0114. The molecule has 1 unspecified atom stereocenters. The Morgan fingerprint density at radius 2 is 1.79 bits per heavy atom. The highest BCUT2D eigenvalue weighted by molar-refractivity contribution is 5.93. The number of pyridine rings is 3. The highest BCUT2D eigenvalue weighted by atomic mass is 16.5. The minimum Gasteiger partial charge on any atom is -0.474 e. The summed E-state index contributed by atoms with van der Waals surface area (Å²) in [6.07, 6.45) is 7.48. The Morgan fingerprint density at radius 3 is 2.56 bits per heavy atom. The van der Waals surface area contributed by atoms with Gasteiger partial charge >= 0.3 is 5.97 Å². The van der Waals surface area contributed by atoms with E-state index in [2.05, 4.69) is 24.4 Å². The first-order chi connectivity index (χ1) is 20.8. The van der Waals surface area contributed by atoms with Crippen LogP contribution in [0.3, 0.4) is 0 Å². The lowest BCUT2D eigenvalue weighted by Crippen LogP contribution is -2.39. The van der Waals surface area contributed by atoms with Crippen LogP contribution in [0.4, 0.5) is 11.6 Å². The second-order valence-corrected chi connectivity index (χ2v) is 12.4. The van der Waals surface area contributed by atoms with E-state index in [4.69, 9.17) is 34.9 Å². The number of aromatic nitrogens is 3. The van der Waals surface area contributed by atoms with E-state index in [0.717, 1.165) is 47.7 Å². The number of anilines is 2. The van der Waals surface area contributed by atoms with Crippen molar-refractivity contribution in [3.63, 3.8) is 0 Å². The lowest BCUT2D eigenvalue weighted by atomic mass is 9.86. The normalized spacial score (nSPS) is 24.4. The van der Waals surface area contributed by atoms with Gasteiger partial charge in [-0.1, -0.05) is 37.3 Å².